The first-order valence-electron chi connectivity index (χ1n) is 4.48. The lowest BCUT2D eigenvalue weighted by Crippen LogP contribution is -2.22. The second-order valence-corrected chi connectivity index (χ2v) is 4.82. The van der Waals surface area contributed by atoms with Gasteiger partial charge in [0.05, 0.1) is 18.1 Å². The predicted molar refractivity (Wildman–Crippen MR) is 55.2 cm³/mol. The molecule has 0 amide bonds. The Balaban J connectivity index is 2.51. The summed E-state index contributed by atoms with van der Waals surface area (Å²) in [5, 5.41) is 7.27. The Morgan fingerprint density at radius 1 is 1.33 bits per heavy atom. The van der Waals surface area contributed by atoms with Crippen LogP contribution in [-0.4, -0.2) is 37.0 Å². The highest BCUT2D eigenvalue weighted by Gasteiger charge is 2.31. The molecule has 0 saturated carbocycles. The van der Waals surface area contributed by atoms with Crippen molar-refractivity contribution in [3.8, 4) is 5.88 Å². The molecule has 0 saturated heterocycles. The Labute approximate surface area is 100 Å². The number of primary sulfonamides is 1. The average molecular weight is 286 g/mol. The highest BCUT2D eigenvalue weighted by atomic mass is 32.2. The van der Waals surface area contributed by atoms with Gasteiger partial charge in [-0.1, -0.05) is 0 Å². The Kier molecular flexibility index (Phi) is 4.29. The van der Waals surface area contributed by atoms with Crippen LogP contribution in [0, 0.1) is 0 Å². The lowest BCUT2D eigenvalue weighted by Gasteiger charge is -2.08. The number of nitrogens with one attached hydrogen (secondary N) is 1. The largest absolute Gasteiger partial charge is 0.574 e. The number of anilines is 1. The minimum absolute atomic E-state index is 0.0347. The number of halogens is 3. The maximum Gasteiger partial charge on any atom is 0.574 e. The van der Waals surface area contributed by atoms with E-state index in [1.54, 1.807) is 0 Å². The molecule has 0 bridgehead atoms. The van der Waals surface area contributed by atoms with Gasteiger partial charge in [0.1, 0.15) is 5.82 Å². The van der Waals surface area contributed by atoms with Gasteiger partial charge in [-0.05, 0) is 0 Å². The quantitative estimate of drug-likeness (QED) is 0.793. The third-order valence-corrected chi connectivity index (χ3v) is 2.31. The fraction of sp³-hybridized carbons (Fsp3) is 0.429. The van der Waals surface area contributed by atoms with E-state index in [1.807, 2.05) is 0 Å². The molecule has 1 rings (SSSR count). The molecule has 1 aromatic heterocycles. The normalized spacial score (nSPS) is 12.2. The zero-order chi connectivity index (χ0) is 13.8. The van der Waals surface area contributed by atoms with Crippen molar-refractivity contribution in [3.05, 3.63) is 12.4 Å². The molecule has 0 fully saturated rings. The lowest BCUT2D eigenvalue weighted by atomic mass is 10.6. The van der Waals surface area contributed by atoms with Gasteiger partial charge in [-0.3, -0.25) is 0 Å². The number of hydrogen-bond acceptors (Lipinski definition) is 6. The van der Waals surface area contributed by atoms with Crippen LogP contribution in [0.15, 0.2) is 12.4 Å². The fourth-order valence-electron chi connectivity index (χ4n) is 0.900. The Morgan fingerprint density at radius 3 is 2.44 bits per heavy atom. The molecule has 0 aliphatic rings. The van der Waals surface area contributed by atoms with E-state index < -0.39 is 22.3 Å². The molecule has 1 aromatic rings. The summed E-state index contributed by atoms with van der Waals surface area (Å²) in [5.41, 5.74) is 0. The van der Waals surface area contributed by atoms with E-state index in [2.05, 4.69) is 20.0 Å². The number of rotatable bonds is 5. The molecule has 0 aromatic carbocycles. The first-order valence-corrected chi connectivity index (χ1v) is 6.19. The summed E-state index contributed by atoms with van der Waals surface area (Å²) >= 11 is 0. The van der Waals surface area contributed by atoms with Crippen LogP contribution >= 0.6 is 0 Å². The maximum absolute atomic E-state index is 11.8. The highest BCUT2D eigenvalue weighted by Crippen LogP contribution is 2.19. The van der Waals surface area contributed by atoms with Crippen LogP contribution in [-0.2, 0) is 10.0 Å². The van der Waals surface area contributed by atoms with Gasteiger partial charge >= 0.3 is 6.36 Å². The van der Waals surface area contributed by atoms with Crippen molar-refractivity contribution in [2.24, 2.45) is 5.14 Å². The van der Waals surface area contributed by atoms with Gasteiger partial charge in [0.2, 0.25) is 15.9 Å². The lowest BCUT2D eigenvalue weighted by molar-refractivity contribution is -0.276. The highest BCUT2D eigenvalue weighted by molar-refractivity contribution is 7.89. The number of nitrogens with zero attached hydrogens (tertiary/aromatic N) is 2. The smallest absolute Gasteiger partial charge is 0.386 e. The van der Waals surface area contributed by atoms with Crippen molar-refractivity contribution >= 4 is 15.8 Å². The van der Waals surface area contributed by atoms with Gasteiger partial charge in [-0.2, -0.15) is 0 Å². The topological polar surface area (TPSA) is 107 Å². The fourth-order valence-corrected chi connectivity index (χ4v) is 1.29. The van der Waals surface area contributed by atoms with Crippen LogP contribution in [0.3, 0.4) is 0 Å². The van der Waals surface area contributed by atoms with E-state index in [0.29, 0.717) is 0 Å². The van der Waals surface area contributed by atoms with E-state index in [-0.39, 0.29) is 18.1 Å². The molecule has 0 unspecified atom stereocenters. The number of hydrogen-bond donors (Lipinski definition) is 2. The molecular formula is C7H9F3N4O3S. The Hall–Kier alpha value is -1.62. The van der Waals surface area contributed by atoms with Crippen molar-refractivity contribution in [2.45, 2.75) is 6.36 Å². The summed E-state index contributed by atoms with van der Waals surface area (Å²) in [7, 11) is -3.61. The average Bonchev–Trinajstić information content (AvgIpc) is 2.16. The second-order valence-electron chi connectivity index (χ2n) is 3.08. The van der Waals surface area contributed by atoms with Crippen molar-refractivity contribution < 1.29 is 26.3 Å². The predicted octanol–water partition coefficient (Wildman–Crippen LogP) is 0.0756. The number of ether oxygens (including phenoxy) is 1. The summed E-state index contributed by atoms with van der Waals surface area (Å²) in [5.74, 6) is -0.942. The monoisotopic (exact) mass is 286 g/mol. The number of aromatic nitrogens is 2. The van der Waals surface area contributed by atoms with E-state index in [9.17, 15) is 21.6 Å². The van der Waals surface area contributed by atoms with Crippen LogP contribution in [0.25, 0.3) is 0 Å². The van der Waals surface area contributed by atoms with Gasteiger partial charge in [0.15, 0.2) is 0 Å². The number of alkyl halides is 3. The summed E-state index contributed by atoms with van der Waals surface area (Å²) in [4.78, 5) is 6.88. The zero-order valence-electron chi connectivity index (χ0n) is 8.81. The third kappa shape index (κ3) is 6.20. The van der Waals surface area contributed by atoms with Gasteiger partial charge in [0.25, 0.3) is 0 Å². The van der Waals surface area contributed by atoms with Crippen LogP contribution in [0.1, 0.15) is 0 Å². The van der Waals surface area contributed by atoms with E-state index in [1.165, 1.54) is 0 Å². The molecule has 3 N–H and O–H groups in total. The van der Waals surface area contributed by atoms with Gasteiger partial charge in [-0.15, -0.1) is 13.2 Å². The SMILES string of the molecule is NS(=O)(=O)CCNc1cnc(OC(F)(F)F)cn1. The Morgan fingerprint density at radius 2 is 2.00 bits per heavy atom. The Bertz CT molecular complexity index is 488. The summed E-state index contributed by atoms with van der Waals surface area (Å²) in [6.07, 6.45) is -3.10. The van der Waals surface area contributed by atoms with Crippen LogP contribution < -0.4 is 15.2 Å². The van der Waals surface area contributed by atoms with Crippen molar-refractivity contribution in [1.82, 2.24) is 9.97 Å². The molecule has 1 heterocycles. The van der Waals surface area contributed by atoms with Gasteiger partial charge < -0.3 is 10.1 Å². The zero-order valence-corrected chi connectivity index (χ0v) is 9.62. The van der Waals surface area contributed by atoms with E-state index in [4.69, 9.17) is 5.14 Å². The molecule has 0 aliphatic carbocycles. The first kappa shape index (κ1) is 14.4. The molecule has 0 spiro atoms. The molecule has 18 heavy (non-hydrogen) atoms. The molecule has 11 heteroatoms. The molecule has 0 atom stereocenters. The van der Waals surface area contributed by atoms with E-state index in [0.717, 1.165) is 12.4 Å². The summed E-state index contributed by atoms with van der Waals surface area (Å²) < 4.78 is 60.0. The maximum atomic E-state index is 11.8. The first-order chi connectivity index (χ1) is 8.16. The molecule has 102 valence electrons. The molecule has 0 radical (unpaired) electrons. The molecule has 7 nitrogen and oxygen atoms in total. The van der Waals surface area contributed by atoms with Crippen LogP contribution in [0.4, 0.5) is 19.0 Å². The third-order valence-electron chi connectivity index (χ3n) is 1.54. The minimum atomic E-state index is -4.84. The minimum Gasteiger partial charge on any atom is -0.386 e. The van der Waals surface area contributed by atoms with Crippen molar-refractivity contribution in [1.29, 1.82) is 0 Å². The van der Waals surface area contributed by atoms with Gasteiger partial charge in [0, 0.05) is 6.54 Å². The molecule has 0 aliphatic heterocycles. The van der Waals surface area contributed by atoms with Crippen LogP contribution in [0.5, 0.6) is 5.88 Å². The summed E-state index contributed by atoms with van der Waals surface area (Å²) in [6.45, 7) is -0.0347. The van der Waals surface area contributed by atoms with Gasteiger partial charge in [-0.25, -0.2) is 23.5 Å². The standard InChI is InChI=1S/C7H9F3N4O3S/c8-7(9,10)17-6-4-13-5(3-14-6)12-1-2-18(11,15)16/h3-4H,1-2H2,(H,12,13)(H2,11,15,16). The summed E-state index contributed by atoms with van der Waals surface area (Å²) in [6, 6.07) is 0. The van der Waals surface area contributed by atoms with Crippen molar-refractivity contribution in [3.63, 3.8) is 0 Å². The van der Waals surface area contributed by atoms with E-state index >= 15 is 0 Å². The number of nitrogens with two attached hydrogens (primary N) is 1. The second kappa shape index (κ2) is 5.35. The van der Waals surface area contributed by atoms with Crippen LogP contribution in [0.2, 0.25) is 0 Å². The van der Waals surface area contributed by atoms with Crippen molar-refractivity contribution in [2.75, 3.05) is 17.6 Å². The number of sulfonamides is 1. The molecular weight excluding hydrogens is 277 g/mol.